The molecule has 0 saturated carbocycles. The lowest BCUT2D eigenvalue weighted by atomic mass is 10.1. The van der Waals surface area contributed by atoms with E-state index in [0.29, 0.717) is 46.4 Å². The Morgan fingerprint density at radius 2 is 1.84 bits per heavy atom. The van der Waals surface area contributed by atoms with Crippen LogP contribution in [-0.2, 0) is 11.2 Å². The van der Waals surface area contributed by atoms with Crippen molar-refractivity contribution in [3.63, 3.8) is 0 Å². The normalized spacial score (nSPS) is 13.4. The highest BCUT2D eigenvalue weighted by molar-refractivity contribution is 6.00. The summed E-state index contributed by atoms with van der Waals surface area (Å²) in [6.45, 7) is 8.51. The fourth-order valence-electron chi connectivity index (χ4n) is 3.72. The van der Waals surface area contributed by atoms with Crippen LogP contribution in [0.1, 0.15) is 42.7 Å². The van der Waals surface area contributed by atoms with Crippen LogP contribution in [0.2, 0.25) is 0 Å². The van der Waals surface area contributed by atoms with Gasteiger partial charge in [0.05, 0.1) is 11.1 Å². The van der Waals surface area contributed by atoms with Crippen molar-refractivity contribution >= 4 is 28.7 Å². The fraction of sp³-hybridized carbons (Fsp3) is 0.333. The number of aliphatic carboxylic acids is 1. The summed E-state index contributed by atoms with van der Waals surface area (Å²) in [5.74, 6) is -1.48. The lowest BCUT2D eigenvalue weighted by Crippen LogP contribution is -2.31. The molecule has 0 atom stereocenters. The Hall–Kier alpha value is -4.49. The number of carboxylic acid groups (broad SMARTS) is 1. The zero-order chi connectivity index (χ0) is 27.8. The molecule has 0 fully saturated rings. The maximum absolute atomic E-state index is 12.2. The van der Waals surface area contributed by atoms with Crippen LogP contribution < -0.4 is 10.6 Å². The van der Waals surface area contributed by atoms with Crippen molar-refractivity contribution in [1.82, 2.24) is 30.5 Å². The summed E-state index contributed by atoms with van der Waals surface area (Å²) in [4.78, 5) is 34.2. The SMILES string of the molecule is Cc1nnc(-c2nc3cccc(-c4cc5c([nH]4)CCNC5=O)c3nc2NC(C)(C)C)o1.O=C(O)C(F)(F)F. The second-order valence-corrected chi connectivity index (χ2v) is 9.48. The minimum atomic E-state index is -5.08. The Balaban J connectivity index is 0.000000426. The van der Waals surface area contributed by atoms with Gasteiger partial charge >= 0.3 is 12.1 Å². The number of para-hydroxylation sites is 1. The van der Waals surface area contributed by atoms with Crippen molar-refractivity contribution < 1.29 is 32.3 Å². The smallest absolute Gasteiger partial charge is 0.475 e. The van der Waals surface area contributed by atoms with Gasteiger partial charge in [0.1, 0.15) is 5.52 Å². The lowest BCUT2D eigenvalue weighted by molar-refractivity contribution is -0.192. The second kappa shape index (κ2) is 9.76. The first-order valence-electron chi connectivity index (χ1n) is 11.4. The molecule has 0 radical (unpaired) electrons. The van der Waals surface area contributed by atoms with Crippen molar-refractivity contribution in [2.24, 2.45) is 0 Å². The summed E-state index contributed by atoms with van der Waals surface area (Å²) in [6.07, 6.45) is -4.31. The summed E-state index contributed by atoms with van der Waals surface area (Å²) < 4.78 is 37.4. The van der Waals surface area contributed by atoms with Gasteiger partial charge in [-0.1, -0.05) is 12.1 Å². The van der Waals surface area contributed by atoms with Crippen molar-refractivity contribution in [3.05, 3.63) is 41.4 Å². The summed E-state index contributed by atoms with van der Waals surface area (Å²) in [6, 6.07) is 7.68. The van der Waals surface area contributed by atoms with Gasteiger partial charge in [-0.25, -0.2) is 14.8 Å². The molecule has 14 heteroatoms. The second-order valence-electron chi connectivity index (χ2n) is 9.48. The van der Waals surface area contributed by atoms with Crippen LogP contribution in [0.25, 0.3) is 33.9 Å². The van der Waals surface area contributed by atoms with Crippen molar-refractivity contribution in [3.8, 4) is 22.8 Å². The molecule has 1 amide bonds. The highest BCUT2D eigenvalue weighted by atomic mass is 19.4. The lowest BCUT2D eigenvalue weighted by Gasteiger charge is -2.22. The highest BCUT2D eigenvalue weighted by Gasteiger charge is 2.38. The molecule has 1 aliphatic heterocycles. The van der Waals surface area contributed by atoms with Crippen LogP contribution >= 0.6 is 0 Å². The summed E-state index contributed by atoms with van der Waals surface area (Å²) in [5.41, 5.74) is 4.98. The Morgan fingerprint density at radius 3 is 2.42 bits per heavy atom. The Kier molecular flexibility index (Phi) is 6.82. The molecular formula is C24H24F3N7O4. The molecule has 200 valence electrons. The maximum atomic E-state index is 12.2. The van der Waals surface area contributed by atoms with E-state index in [4.69, 9.17) is 24.3 Å². The molecule has 0 unspecified atom stereocenters. The van der Waals surface area contributed by atoms with Crippen LogP contribution in [0.5, 0.6) is 0 Å². The number of rotatable bonds is 3. The fourth-order valence-corrected chi connectivity index (χ4v) is 3.72. The number of aryl methyl sites for hydroxylation is 1. The predicted octanol–water partition coefficient (Wildman–Crippen LogP) is 4.11. The highest BCUT2D eigenvalue weighted by Crippen LogP contribution is 2.33. The zero-order valence-corrected chi connectivity index (χ0v) is 20.8. The Labute approximate surface area is 213 Å². The van der Waals surface area contributed by atoms with Crippen molar-refractivity contribution in [2.45, 2.75) is 45.8 Å². The molecular weight excluding hydrogens is 507 g/mol. The number of carboxylic acids is 1. The van der Waals surface area contributed by atoms with Gasteiger partial charge in [0, 0.05) is 42.4 Å². The van der Waals surface area contributed by atoms with Crippen molar-refractivity contribution in [1.29, 1.82) is 0 Å². The first-order valence-corrected chi connectivity index (χ1v) is 11.4. The first-order chi connectivity index (χ1) is 17.7. The number of carbonyl (C=O) groups excluding carboxylic acids is 1. The van der Waals surface area contributed by atoms with Gasteiger partial charge < -0.3 is 25.1 Å². The first kappa shape index (κ1) is 26.6. The molecule has 38 heavy (non-hydrogen) atoms. The number of hydrogen-bond acceptors (Lipinski definition) is 8. The van der Waals surface area contributed by atoms with E-state index in [-0.39, 0.29) is 11.4 Å². The van der Waals surface area contributed by atoms with Gasteiger partial charge in [0.2, 0.25) is 5.89 Å². The van der Waals surface area contributed by atoms with E-state index in [0.717, 1.165) is 23.4 Å². The van der Waals surface area contributed by atoms with Gasteiger partial charge in [-0.3, -0.25) is 4.79 Å². The van der Waals surface area contributed by atoms with Crippen LogP contribution in [0, 0.1) is 6.92 Å². The van der Waals surface area contributed by atoms with E-state index in [1.54, 1.807) is 6.92 Å². The molecule has 3 aromatic heterocycles. The molecule has 4 N–H and O–H groups in total. The van der Waals surface area contributed by atoms with Crippen LogP contribution in [0.3, 0.4) is 0 Å². The number of amides is 1. The third-order valence-electron chi connectivity index (χ3n) is 5.25. The third kappa shape index (κ3) is 5.74. The number of anilines is 1. The number of nitrogens with one attached hydrogen (secondary N) is 3. The minimum absolute atomic E-state index is 0.0563. The van der Waals surface area contributed by atoms with Gasteiger partial charge in [-0.2, -0.15) is 13.2 Å². The molecule has 0 saturated heterocycles. The predicted molar refractivity (Wildman–Crippen MR) is 130 cm³/mol. The van der Waals surface area contributed by atoms with E-state index in [9.17, 15) is 18.0 Å². The zero-order valence-electron chi connectivity index (χ0n) is 20.8. The number of benzene rings is 1. The van der Waals surface area contributed by atoms with E-state index < -0.39 is 12.1 Å². The molecule has 0 aliphatic carbocycles. The molecule has 0 bridgehead atoms. The number of aromatic amines is 1. The standard InChI is InChI=1S/C22H23N7O2.C2HF3O2/c1-11-28-29-21(31-11)18-19(27-22(2,3)4)26-17-12(6-5-7-15(17)25-18)16-10-13-14(24-16)8-9-23-20(13)30;3-2(4,5)1(6)7/h5-7,10,24H,8-9H2,1-4H3,(H,23,30)(H,26,27);(H,6,7). The number of H-pyrrole nitrogens is 1. The number of nitrogens with zero attached hydrogens (tertiary/aromatic N) is 4. The number of alkyl halides is 3. The summed E-state index contributed by atoms with van der Waals surface area (Å²) in [5, 5.41) is 21.5. The third-order valence-corrected chi connectivity index (χ3v) is 5.25. The van der Waals surface area contributed by atoms with Gasteiger partial charge in [-0.15, -0.1) is 10.2 Å². The molecule has 1 aromatic carbocycles. The maximum Gasteiger partial charge on any atom is 0.490 e. The van der Waals surface area contributed by atoms with E-state index in [1.807, 2.05) is 45.0 Å². The quantitative estimate of drug-likeness (QED) is 0.305. The molecule has 5 rings (SSSR count). The van der Waals surface area contributed by atoms with Crippen molar-refractivity contribution in [2.75, 3.05) is 11.9 Å². The minimum Gasteiger partial charge on any atom is -0.475 e. The van der Waals surface area contributed by atoms with Crippen LogP contribution in [-0.4, -0.2) is 60.4 Å². The van der Waals surface area contributed by atoms with E-state index in [2.05, 4.69) is 25.8 Å². The van der Waals surface area contributed by atoms with Crippen LogP contribution in [0.4, 0.5) is 19.0 Å². The monoisotopic (exact) mass is 531 g/mol. The number of halogens is 3. The number of fused-ring (bicyclic) bond motifs is 2. The van der Waals surface area contributed by atoms with E-state index in [1.165, 1.54) is 0 Å². The van der Waals surface area contributed by atoms with Gasteiger partial charge in [0.15, 0.2) is 11.5 Å². The Bertz CT molecular complexity index is 1520. The molecule has 1 aliphatic rings. The van der Waals surface area contributed by atoms with Crippen LogP contribution in [0.15, 0.2) is 28.7 Å². The topological polar surface area (TPSA) is 159 Å². The Morgan fingerprint density at radius 1 is 1.13 bits per heavy atom. The number of carbonyl (C=O) groups is 2. The van der Waals surface area contributed by atoms with E-state index >= 15 is 0 Å². The molecule has 11 nitrogen and oxygen atoms in total. The molecule has 4 aromatic rings. The average molecular weight is 531 g/mol. The number of aromatic nitrogens is 5. The summed E-state index contributed by atoms with van der Waals surface area (Å²) >= 11 is 0. The average Bonchev–Trinajstić information content (AvgIpc) is 3.44. The number of hydrogen-bond donors (Lipinski definition) is 4. The largest absolute Gasteiger partial charge is 0.490 e. The van der Waals surface area contributed by atoms with Gasteiger partial charge in [-0.05, 0) is 32.9 Å². The molecule has 0 spiro atoms. The van der Waals surface area contributed by atoms with Gasteiger partial charge in [0.25, 0.3) is 11.8 Å². The summed E-state index contributed by atoms with van der Waals surface area (Å²) in [7, 11) is 0. The molecule has 4 heterocycles.